The van der Waals surface area contributed by atoms with Crippen molar-refractivity contribution in [3.8, 4) is 153 Å². The van der Waals surface area contributed by atoms with E-state index in [2.05, 4.69) is 317 Å². The molecular formula is C133H82N14O2S. The first-order valence-electron chi connectivity index (χ1n) is 49.9. The molecule has 0 aliphatic carbocycles. The number of rotatable bonds is 15. The van der Waals surface area contributed by atoms with Gasteiger partial charge >= 0.3 is 0 Å². The fraction of sp³-hybridized carbons (Fsp3) is 0. The van der Waals surface area contributed by atoms with Crippen molar-refractivity contribution in [2.45, 2.75) is 0 Å². The highest BCUT2D eigenvalue weighted by Crippen LogP contribution is 2.52. The molecule has 702 valence electrons. The minimum absolute atomic E-state index is 0.599. The topological polar surface area (TPSA) is 183 Å². The molecule has 150 heavy (non-hydrogen) atoms. The van der Waals surface area contributed by atoms with Crippen molar-refractivity contribution in [2.24, 2.45) is 0 Å². The van der Waals surface area contributed by atoms with Crippen LogP contribution in [-0.2, 0) is 0 Å². The van der Waals surface area contributed by atoms with Gasteiger partial charge in [-0.05, 0) is 121 Å². The molecule has 30 rings (SSSR count). The maximum atomic E-state index is 6.89. The average Bonchev–Trinajstić information content (AvgIpc) is 1.55. The number of hydrogen-bond donors (Lipinski definition) is 0. The van der Waals surface area contributed by atoms with Gasteiger partial charge in [-0.2, -0.15) is 0 Å². The van der Waals surface area contributed by atoms with Crippen LogP contribution in [0.5, 0.6) is 0 Å². The number of nitrogens with zero attached hydrogens (tertiary/aromatic N) is 14. The highest BCUT2D eigenvalue weighted by Gasteiger charge is 2.31. The SMILES string of the molecule is c1ccc(-c2cc(-c3ccc4c(c3)c3c5c(sc3n4-c3ccccc3)c(-c3ccccc3)nc3ccccc35)nc(-c3ccccc3)n2)cc1.c1ccc(-c2nc(-c3ccccc3)nc(-c3ccc(-n4c5ccccc5c5oc6c7ccccc7nc(-c7ccccc7)c6c54)cc3)n2)cc1.c1ccc(-c2nc(-c3ccccc3)nc(-c3cccc(-n4c5ccccc5c5oc6c7ccccc7nc(-c7ccccc7)c6c54)c3)n2)cc1. The monoisotopic (exact) mass is 1940 g/mol. The van der Waals surface area contributed by atoms with Crippen molar-refractivity contribution in [1.82, 2.24) is 68.5 Å². The third-order valence-electron chi connectivity index (χ3n) is 27.9. The largest absolute Gasteiger partial charge is 0.453 e. The fourth-order valence-corrected chi connectivity index (χ4v) is 22.3. The molecule has 0 atom stereocenters. The Labute approximate surface area is 862 Å². The Kier molecular flexibility index (Phi) is 21.7. The molecule has 12 aromatic heterocycles. The maximum Gasteiger partial charge on any atom is 0.164 e. The molecular weight excluding hydrogens is 1860 g/mol. The van der Waals surface area contributed by atoms with E-state index in [9.17, 15) is 0 Å². The van der Waals surface area contributed by atoms with Gasteiger partial charge in [0, 0.05) is 127 Å². The number of benzene rings is 18. The Hall–Kier alpha value is -20.3. The predicted octanol–water partition coefficient (Wildman–Crippen LogP) is 33.9. The molecule has 16 nitrogen and oxygen atoms in total. The molecule has 0 amide bonds. The van der Waals surface area contributed by atoms with Gasteiger partial charge in [0.15, 0.2) is 51.9 Å². The number of pyridine rings is 3. The van der Waals surface area contributed by atoms with Crippen LogP contribution in [0.25, 0.3) is 283 Å². The summed E-state index contributed by atoms with van der Waals surface area (Å²) in [6.45, 7) is 0. The van der Waals surface area contributed by atoms with Crippen molar-refractivity contribution < 1.29 is 8.83 Å². The van der Waals surface area contributed by atoms with Crippen molar-refractivity contribution in [3.63, 3.8) is 0 Å². The van der Waals surface area contributed by atoms with E-state index in [0.29, 0.717) is 40.8 Å². The molecule has 0 fully saturated rings. The third kappa shape index (κ3) is 15.5. The van der Waals surface area contributed by atoms with Crippen molar-refractivity contribution >= 4 is 141 Å². The molecule has 0 unspecified atom stereocenters. The minimum atomic E-state index is 0.599. The number of thiophene rings is 1. The van der Waals surface area contributed by atoms with Crippen LogP contribution in [0.3, 0.4) is 0 Å². The Morgan fingerprint density at radius 2 is 0.480 bits per heavy atom. The zero-order valence-electron chi connectivity index (χ0n) is 80.3. The Morgan fingerprint density at radius 1 is 0.173 bits per heavy atom. The van der Waals surface area contributed by atoms with Crippen LogP contribution in [0.15, 0.2) is 506 Å². The Morgan fingerprint density at radius 3 is 0.927 bits per heavy atom. The summed E-state index contributed by atoms with van der Waals surface area (Å²) in [7, 11) is 0. The molecule has 0 radical (unpaired) electrons. The minimum Gasteiger partial charge on any atom is -0.453 e. The summed E-state index contributed by atoms with van der Waals surface area (Å²) in [6, 6.07) is 170. The molecule has 0 spiro atoms. The van der Waals surface area contributed by atoms with Gasteiger partial charge in [0.2, 0.25) is 0 Å². The molecule has 0 saturated carbocycles. The van der Waals surface area contributed by atoms with Gasteiger partial charge < -0.3 is 22.5 Å². The standard InChI is InChI=1S/C45H28N4S.2C44H27N5O/c1-5-15-29(16-6-1)37-28-38(48-44(47-37)31-19-9-3-10-20-31)32-25-26-39-35(27-32)41-40-34-23-13-14-24-36(34)46-42(30-17-7-2-8-18-30)43(40)50-45(41)49(39)33-21-11-4-12-22-33;1-4-15-28(16-5-1)38-37-39-41(50-40(37)33-23-10-12-25-35(33)45-38)34-24-11-13-26-36(34)49(39)32-22-14-21-31(27-32)44-47-42(29-17-6-2-7-18-29)46-43(48-44)30-19-8-3-9-20-30;1-4-14-28(15-5-1)38-37-39-41(50-40(37)33-20-10-12-22-35(33)45-38)34-21-11-13-23-36(34)49(39)32-26-24-31(25-27-32)44-47-42(29-16-6-2-7-17-29)46-43(48-44)30-18-8-3-9-19-30/h1-28H;2*1-27H. The molecule has 0 saturated heterocycles. The second-order valence-corrected chi connectivity index (χ2v) is 38.0. The number of fused-ring (bicyclic) bond motifs is 21. The molecule has 12 heterocycles. The van der Waals surface area contributed by atoms with Crippen LogP contribution in [0.1, 0.15) is 0 Å². The zero-order valence-corrected chi connectivity index (χ0v) is 81.1. The zero-order chi connectivity index (χ0) is 99.1. The second kappa shape index (κ2) is 37.2. The van der Waals surface area contributed by atoms with E-state index in [1.807, 2.05) is 205 Å². The lowest BCUT2D eigenvalue weighted by atomic mass is 10.0. The first kappa shape index (κ1) is 87.5. The second-order valence-electron chi connectivity index (χ2n) is 37.0. The van der Waals surface area contributed by atoms with Crippen LogP contribution in [0.4, 0.5) is 0 Å². The molecule has 0 aliphatic rings. The number of hydrogen-bond acceptors (Lipinski definition) is 14. The summed E-state index contributed by atoms with van der Waals surface area (Å²) in [5.41, 5.74) is 30.8. The van der Waals surface area contributed by atoms with Gasteiger partial charge in [0.05, 0.1) is 77.0 Å². The van der Waals surface area contributed by atoms with E-state index in [4.69, 9.17) is 63.7 Å². The maximum absolute atomic E-state index is 6.89. The van der Waals surface area contributed by atoms with E-state index in [0.717, 1.165) is 216 Å². The van der Waals surface area contributed by atoms with E-state index in [-0.39, 0.29) is 0 Å². The highest BCUT2D eigenvalue weighted by molar-refractivity contribution is 7.26. The van der Waals surface area contributed by atoms with Crippen molar-refractivity contribution in [3.05, 3.63) is 497 Å². The Balaban J connectivity index is 0.000000108. The van der Waals surface area contributed by atoms with Crippen LogP contribution in [0, 0.1) is 0 Å². The van der Waals surface area contributed by atoms with Crippen LogP contribution < -0.4 is 0 Å². The van der Waals surface area contributed by atoms with Crippen molar-refractivity contribution in [1.29, 1.82) is 0 Å². The summed E-state index contributed by atoms with van der Waals surface area (Å²) >= 11 is 1.82. The van der Waals surface area contributed by atoms with E-state index < -0.39 is 0 Å². The van der Waals surface area contributed by atoms with Gasteiger partial charge in [-0.15, -0.1) is 11.3 Å². The van der Waals surface area contributed by atoms with Crippen LogP contribution in [-0.4, -0.2) is 68.5 Å². The van der Waals surface area contributed by atoms with Crippen molar-refractivity contribution in [2.75, 3.05) is 0 Å². The van der Waals surface area contributed by atoms with Gasteiger partial charge in [-0.3, -0.25) is 0 Å². The molecule has 0 aliphatic heterocycles. The summed E-state index contributed by atoms with van der Waals surface area (Å²) in [5, 5.41) is 10.8. The normalized spacial score (nSPS) is 11.6. The van der Waals surface area contributed by atoms with Gasteiger partial charge in [-0.25, -0.2) is 54.8 Å². The van der Waals surface area contributed by atoms with E-state index in [1.165, 1.54) is 25.7 Å². The summed E-state index contributed by atoms with van der Waals surface area (Å²) in [4.78, 5) is 56.8. The molecule has 30 aromatic rings. The van der Waals surface area contributed by atoms with E-state index >= 15 is 0 Å². The summed E-state index contributed by atoms with van der Waals surface area (Å²) < 4.78 is 21.9. The first-order chi connectivity index (χ1) is 74.4. The lowest BCUT2D eigenvalue weighted by molar-refractivity contribution is 0.676. The van der Waals surface area contributed by atoms with Crippen LogP contribution >= 0.6 is 11.3 Å². The fourth-order valence-electron chi connectivity index (χ4n) is 21.0. The van der Waals surface area contributed by atoms with Crippen LogP contribution in [0.2, 0.25) is 0 Å². The highest BCUT2D eigenvalue weighted by atomic mass is 32.1. The molecule has 0 bridgehead atoms. The molecule has 0 N–H and O–H groups in total. The van der Waals surface area contributed by atoms with Gasteiger partial charge in [-0.1, -0.05) is 376 Å². The third-order valence-corrected chi connectivity index (χ3v) is 29.1. The van der Waals surface area contributed by atoms with Gasteiger partial charge in [0.1, 0.15) is 27.0 Å². The number of furan rings is 2. The van der Waals surface area contributed by atoms with E-state index in [1.54, 1.807) is 0 Å². The summed E-state index contributed by atoms with van der Waals surface area (Å²) in [6.07, 6.45) is 0. The molecule has 17 heteroatoms. The number of para-hydroxylation sites is 6. The smallest absolute Gasteiger partial charge is 0.164 e. The lowest BCUT2D eigenvalue weighted by Gasteiger charge is -2.12. The quantitative estimate of drug-likeness (QED) is 0.0946. The number of aromatic nitrogens is 14. The molecule has 18 aromatic carbocycles. The summed E-state index contributed by atoms with van der Waals surface area (Å²) in [5.74, 6) is 4.44. The average molecular weight is 1940 g/mol. The Bertz CT molecular complexity index is 10300. The first-order valence-corrected chi connectivity index (χ1v) is 50.7. The predicted molar refractivity (Wildman–Crippen MR) is 611 cm³/mol. The van der Waals surface area contributed by atoms with Gasteiger partial charge in [0.25, 0.3) is 0 Å². The lowest BCUT2D eigenvalue weighted by Crippen LogP contribution is -2.01.